The number of rotatable bonds is 6. The van der Waals surface area contributed by atoms with Crippen molar-refractivity contribution in [3.8, 4) is 5.75 Å². The Kier molecular flexibility index (Phi) is 5.62. The third-order valence-corrected chi connectivity index (χ3v) is 3.79. The normalized spacial score (nSPS) is 12.6. The Morgan fingerprint density at radius 1 is 1.14 bits per heavy atom. The minimum absolute atomic E-state index is 0.121. The first-order valence-electron chi connectivity index (χ1n) is 6.97. The predicted molar refractivity (Wildman–Crippen MR) is 87.7 cm³/mol. The van der Waals surface area contributed by atoms with Crippen LogP contribution in [0.15, 0.2) is 48.5 Å². The Balaban J connectivity index is 1.95. The summed E-state index contributed by atoms with van der Waals surface area (Å²) in [5.41, 5.74) is 2.35. The summed E-state index contributed by atoms with van der Waals surface area (Å²) in [4.78, 5) is 2.20. The summed E-state index contributed by atoms with van der Waals surface area (Å²) in [5, 5.41) is 13.3. The van der Waals surface area contributed by atoms with Crippen molar-refractivity contribution in [3.63, 3.8) is 0 Å². The molecule has 1 unspecified atom stereocenters. The lowest BCUT2D eigenvalue weighted by Crippen LogP contribution is -2.30. The van der Waals surface area contributed by atoms with Gasteiger partial charge in [0.1, 0.15) is 5.75 Å². The number of benzene rings is 2. The van der Waals surface area contributed by atoms with Crippen LogP contribution in [0.2, 0.25) is 5.02 Å². The summed E-state index contributed by atoms with van der Waals surface area (Å²) in [5.74, 6) is 0.121. The molecule has 2 aromatic carbocycles. The minimum atomic E-state index is 0.121. The molecule has 0 aliphatic rings. The molecule has 0 saturated heterocycles. The summed E-state index contributed by atoms with van der Waals surface area (Å²) >= 11 is 5.92. The van der Waals surface area contributed by atoms with Crippen molar-refractivity contribution in [3.05, 3.63) is 64.7 Å². The zero-order valence-corrected chi connectivity index (χ0v) is 13.1. The molecule has 0 saturated carbocycles. The number of phenols is 1. The van der Waals surface area contributed by atoms with E-state index in [2.05, 4.69) is 48.6 Å². The lowest BCUT2D eigenvalue weighted by molar-refractivity contribution is 0.288. The van der Waals surface area contributed by atoms with Crippen LogP contribution in [0, 0.1) is 0 Å². The van der Waals surface area contributed by atoms with Crippen LogP contribution >= 0.6 is 11.6 Å². The Hall–Kier alpha value is -1.55. The first kappa shape index (κ1) is 15.8. The molecule has 112 valence electrons. The van der Waals surface area contributed by atoms with Crippen LogP contribution < -0.4 is 5.32 Å². The van der Waals surface area contributed by atoms with E-state index in [1.54, 1.807) is 12.1 Å². The van der Waals surface area contributed by atoms with Gasteiger partial charge < -0.3 is 15.3 Å². The van der Waals surface area contributed by atoms with Crippen molar-refractivity contribution in [2.24, 2.45) is 0 Å². The Morgan fingerprint density at radius 2 is 1.86 bits per heavy atom. The third-order valence-electron chi connectivity index (χ3n) is 3.49. The molecule has 2 aromatic rings. The second-order valence-corrected chi connectivity index (χ2v) is 5.71. The maximum atomic E-state index is 9.42. The molecular weight excluding hydrogens is 284 g/mol. The summed E-state index contributed by atoms with van der Waals surface area (Å²) in [7, 11) is 4.16. The number of halogens is 1. The van der Waals surface area contributed by atoms with Gasteiger partial charge in [-0.05, 0) is 37.4 Å². The van der Waals surface area contributed by atoms with Gasteiger partial charge in [-0.3, -0.25) is 0 Å². The van der Waals surface area contributed by atoms with Crippen molar-refractivity contribution < 1.29 is 5.11 Å². The van der Waals surface area contributed by atoms with Crippen LogP contribution in [0.5, 0.6) is 5.75 Å². The monoisotopic (exact) mass is 304 g/mol. The Bertz CT molecular complexity index is 572. The Morgan fingerprint density at radius 3 is 2.48 bits per heavy atom. The van der Waals surface area contributed by atoms with Gasteiger partial charge >= 0.3 is 0 Å². The molecule has 0 aliphatic carbocycles. The maximum Gasteiger partial charge on any atom is 0.134 e. The zero-order chi connectivity index (χ0) is 15.2. The van der Waals surface area contributed by atoms with Crippen LogP contribution in [0.1, 0.15) is 17.2 Å². The van der Waals surface area contributed by atoms with E-state index < -0.39 is 0 Å². The van der Waals surface area contributed by atoms with Gasteiger partial charge in [0.25, 0.3) is 0 Å². The molecule has 2 rings (SSSR count). The van der Waals surface area contributed by atoms with Crippen LogP contribution in [0.4, 0.5) is 0 Å². The van der Waals surface area contributed by atoms with Gasteiger partial charge in [0.15, 0.2) is 0 Å². The van der Waals surface area contributed by atoms with E-state index in [-0.39, 0.29) is 5.75 Å². The fraction of sp³-hybridized carbons (Fsp3) is 0.294. The molecule has 0 aromatic heterocycles. The van der Waals surface area contributed by atoms with Crippen LogP contribution in [-0.4, -0.2) is 30.6 Å². The molecule has 3 nitrogen and oxygen atoms in total. The molecule has 0 bridgehead atoms. The van der Waals surface area contributed by atoms with Crippen molar-refractivity contribution in [2.45, 2.75) is 12.6 Å². The molecule has 0 aliphatic heterocycles. The largest absolute Gasteiger partial charge is 0.506 e. The molecule has 2 N–H and O–H groups in total. The first-order valence-corrected chi connectivity index (χ1v) is 7.35. The number of hydrogen-bond acceptors (Lipinski definition) is 3. The van der Waals surface area contributed by atoms with Gasteiger partial charge in [0.05, 0.1) is 5.02 Å². The molecule has 21 heavy (non-hydrogen) atoms. The highest BCUT2D eigenvalue weighted by molar-refractivity contribution is 6.32. The summed E-state index contributed by atoms with van der Waals surface area (Å²) in [6.07, 6.45) is 0. The van der Waals surface area contributed by atoms with E-state index >= 15 is 0 Å². The van der Waals surface area contributed by atoms with Crippen molar-refractivity contribution in [1.29, 1.82) is 0 Å². The fourth-order valence-corrected chi connectivity index (χ4v) is 2.49. The molecule has 0 radical (unpaired) electrons. The molecule has 4 heteroatoms. The van der Waals surface area contributed by atoms with Gasteiger partial charge in [0, 0.05) is 19.1 Å². The van der Waals surface area contributed by atoms with Gasteiger partial charge in [-0.2, -0.15) is 0 Å². The van der Waals surface area contributed by atoms with E-state index in [0.29, 0.717) is 11.1 Å². The fourth-order valence-electron chi connectivity index (χ4n) is 2.29. The first-order chi connectivity index (χ1) is 10.1. The number of likely N-dealkylation sites (N-methyl/N-ethyl adjacent to an activating group) is 1. The zero-order valence-electron chi connectivity index (χ0n) is 12.4. The van der Waals surface area contributed by atoms with E-state index in [1.807, 2.05) is 12.1 Å². The average Bonchev–Trinajstić information content (AvgIpc) is 2.48. The molecular formula is C17H21ClN2O. The van der Waals surface area contributed by atoms with E-state index in [9.17, 15) is 5.11 Å². The number of nitrogens with zero attached hydrogens (tertiary/aromatic N) is 1. The Labute approximate surface area is 131 Å². The predicted octanol–water partition coefficient (Wildman–Crippen LogP) is 3.44. The number of phenolic OH excluding ortho intramolecular Hbond substituents is 1. The minimum Gasteiger partial charge on any atom is -0.506 e. The average molecular weight is 305 g/mol. The number of nitrogens with one attached hydrogen (secondary N) is 1. The molecule has 0 heterocycles. The summed E-state index contributed by atoms with van der Waals surface area (Å²) in [6, 6.07) is 16.0. The quantitative estimate of drug-likeness (QED) is 0.858. The van der Waals surface area contributed by atoms with Crippen molar-refractivity contribution in [2.75, 3.05) is 20.6 Å². The standard InChI is InChI=1S/C17H21ClN2O/c1-20(2)16(14-6-4-3-5-7-14)12-19-11-13-8-9-17(21)15(18)10-13/h3-10,16,19,21H,11-12H2,1-2H3. The summed E-state index contributed by atoms with van der Waals surface area (Å²) in [6.45, 7) is 1.56. The number of aromatic hydroxyl groups is 1. The second kappa shape index (κ2) is 7.46. The van der Waals surface area contributed by atoms with Gasteiger partial charge in [-0.25, -0.2) is 0 Å². The van der Waals surface area contributed by atoms with Crippen molar-refractivity contribution in [1.82, 2.24) is 10.2 Å². The molecule has 0 spiro atoms. The smallest absolute Gasteiger partial charge is 0.134 e. The second-order valence-electron chi connectivity index (χ2n) is 5.31. The van der Waals surface area contributed by atoms with E-state index in [1.165, 1.54) is 5.56 Å². The summed E-state index contributed by atoms with van der Waals surface area (Å²) < 4.78 is 0. The lowest BCUT2D eigenvalue weighted by atomic mass is 10.1. The van der Waals surface area contributed by atoms with E-state index in [0.717, 1.165) is 18.7 Å². The maximum absolute atomic E-state index is 9.42. The lowest BCUT2D eigenvalue weighted by Gasteiger charge is -2.25. The highest BCUT2D eigenvalue weighted by Gasteiger charge is 2.13. The SMILES string of the molecule is CN(C)C(CNCc1ccc(O)c(Cl)c1)c1ccccc1. The molecule has 0 fully saturated rings. The van der Waals surface area contributed by atoms with E-state index in [4.69, 9.17) is 11.6 Å². The van der Waals surface area contributed by atoms with Gasteiger partial charge in [-0.15, -0.1) is 0 Å². The number of hydrogen-bond donors (Lipinski definition) is 2. The highest BCUT2D eigenvalue weighted by atomic mass is 35.5. The van der Waals surface area contributed by atoms with Crippen LogP contribution in [0.3, 0.4) is 0 Å². The van der Waals surface area contributed by atoms with Gasteiger partial charge in [-0.1, -0.05) is 48.0 Å². The topological polar surface area (TPSA) is 35.5 Å². The molecule has 1 atom stereocenters. The van der Waals surface area contributed by atoms with Crippen LogP contribution in [-0.2, 0) is 6.54 Å². The third kappa shape index (κ3) is 4.46. The van der Waals surface area contributed by atoms with Gasteiger partial charge in [0.2, 0.25) is 0 Å². The van der Waals surface area contributed by atoms with Crippen molar-refractivity contribution >= 4 is 11.6 Å². The van der Waals surface area contributed by atoms with Crippen LogP contribution in [0.25, 0.3) is 0 Å². The molecule has 0 amide bonds. The highest BCUT2D eigenvalue weighted by Crippen LogP contribution is 2.23.